The topological polar surface area (TPSA) is 66.9 Å². The lowest BCUT2D eigenvalue weighted by Gasteiger charge is -2.39. The van der Waals surface area contributed by atoms with E-state index in [0.29, 0.717) is 12.8 Å². The minimum Gasteiger partial charge on any atom is -0.444 e. The zero-order valence-corrected chi connectivity index (χ0v) is 18.3. The fourth-order valence-corrected chi connectivity index (χ4v) is 5.92. The smallest absolute Gasteiger partial charge is 0.414 e. The van der Waals surface area contributed by atoms with E-state index in [1.807, 2.05) is 18.2 Å². The van der Waals surface area contributed by atoms with Crippen LogP contribution in [0, 0.1) is 5.82 Å². The first-order chi connectivity index (χ1) is 13.8. The molecule has 0 spiro atoms. The first-order valence-electron chi connectivity index (χ1n) is 8.97. The number of carbonyl (C=O) groups is 1. The number of hydrogen-bond acceptors (Lipinski definition) is 4. The van der Waals surface area contributed by atoms with Gasteiger partial charge < -0.3 is 4.74 Å². The van der Waals surface area contributed by atoms with Crippen molar-refractivity contribution in [3.8, 4) is 0 Å². The molecule has 0 radical (unpaired) electrons. The van der Waals surface area contributed by atoms with Gasteiger partial charge in [-0.2, -0.15) is 4.31 Å². The molecule has 0 saturated carbocycles. The summed E-state index contributed by atoms with van der Waals surface area (Å²) in [4.78, 5) is 13.6. The van der Waals surface area contributed by atoms with Gasteiger partial charge in [-0.15, -0.1) is 0 Å². The summed E-state index contributed by atoms with van der Waals surface area (Å²) >= 11 is 9.15. The minimum absolute atomic E-state index is 0.161. The van der Waals surface area contributed by atoms with Crippen molar-refractivity contribution < 1.29 is 22.3 Å². The molecule has 29 heavy (non-hydrogen) atoms. The molecule has 0 aromatic heterocycles. The average Bonchev–Trinajstić information content (AvgIpc) is 2.70. The summed E-state index contributed by atoms with van der Waals surface area (Å²) in [7, 11) is -4.02. The van der Waals surface area contributed by atoms with E-state index in [9.17, 15) is 17.6 Å². The maximum Gasteiger partial charge on any atom is 0.414 e. The molecule has 0 N–H and O–H groups in total. The summed E-state index contributed by atoms with van der Waals surface area (Å²) in [6.45, 7) is 0.522. The molecule has 6 nitrogen and oxygen atoms in total. The Morgan fingerprint density at radius 1 is 1.17 bits per heavy atom. The van der Waals surface area contributed by atoms with Crippen molar-refractivity contribution in [1.29, 1.82) is 0 Å². The molecule has 2 aromatic carbocycles. The van der Waals surface area contributed by atoms with E-state index in [-0.39, 0.29) is 30.8 Å². The second-order valence-electron chi connectivity index (χ2n) is 6.88. The number of nitrogens with zero attached hydrogens (tertiary/aromatic N) is 2. The molecule has 10 heteroatoms. The van der Waals surface area contributed by atoms with Crippen LogP contribution in [0.25, 0.3) is 0 Å². The van der Waals surface area contributed by atoms with Crippen LogP contribution in [0.4, 0.5) is 14.9 Å². The summed E-state index contributed by atoms with van der Waals surface area (Å²) < 4.78 is 47.4. The SMILES string of the molecule is O=C1OCc2cc(Br)ccc2N1C1CCN(S(=O)(=O)c2cccc(Cl)c2F)CC1. The molecule has 1 fully saturated rings. The Bertz CT molecular complexity index is 1070. The second kappa shape index (κ2) is 7.86. The van der Waals surface area contributed by atoms with Gasteiger partial charge in [0.05, 0.1) is 10.7 Å². The van der Waals surface area contributed by atoms with Crippen molar-refractivity contribution in [1.82, 2.24) is 4.31 Å². The molecular formula is C19H17BrClFN2O4S. The number of piperidine rings is 1. The van der Waals surface area contributed by atoms with E-state index in [2.05, 4.69) is 15.9 Å². The van der Waals surface area contributed by atoms with Gasteiger partial charge in [0.1, 0.15) is 11.5 Å². The Morgan fingerprint density at radius 2 is 1.90 bits per heavy atom. The fourth-order valence-electron chi connectivity index (χ4n) is 3.72. The van der Waals surface area contributed by atoms with Gasteiger partial charge in [-0.1, -0.05) is 33.6 Å². The van der Waals surface area contributed by atoms with Gasteiger partial charge >= 0.3 is 6.09 Å². The molecule has 2 aliphatic heterocycles. The molecule has 1 amide bonds. The van der Waals surface area contributed by atoms with Crippen LogP contribution in [-0.2, 0) is 21.4 Å². The van der Waals surface area contributed by atoms with Crippen molar-refractivity contribution >= 4 is 49.3 Å². The molecule has 0 atom stereocenters. The van der Waals surface area contributed by atoms with E-state index >= 15 is 0 Å². The van der Waals surface area contributed by atoms with Crippen molar-refractivity contribution in [2.75, 3.05) is 18.0 Å². The van der Waals surface area contributed by atoms with E-state index in [1.165, 1.54) is 22.5 Å². The number of sulfonamides is 1. The molecule has 2 aliphatic rings. The van der Waals surface area contributed by atoms with Crippen LogP contribution >= 0.6 is 27.5 Å². The Balaban J connectivity index is 1.54. The highest BCUT2D eigenvalue weighted by molar-refractivity contribution is 9.10. The van der Waals surface area contributed by atoms with Crippen LogP contribution in [0.1, 0.15) is 18.4 Å². The highest BCUT2D eigenvalue weighted by atomic mass is 79.9. The quantitative estimate of drug-likeness (QED) is 0.616. The van der Waals surface area contributed by atoms with Crippen LogP contribution in [0.3, 0.4) is 0 Å². The summed E-state index contributed by atoms with van der Waals surface area (Å²) in [6, 6.07) is 9.31. The van der Waals surface area contributed by atoms with Gasteiger partial charge in [-0.25, -0.2) is 17.6 Å². The Labute approximate surface area is 181 Å². The Kier molecular flexibility index (Phi) is 5.58. The summed E-state index contributed by atoms with van der Waals surface area (Å²) in [5, 5.41) is -0.236. The van der Waals surface area contributed by atoms with Crippen LogP contribution in [-0.4, -0.2) is 37.9 Å². The summed E-state index contributed by atoms with van der Waals surface area (Å²) in [5.41, 5.74) is 1.65. The standard InChI is InChI=1S/C19H17BrClFN2O4S/c20-13-4-5-16-12(10-13)11-28-19(25)24(16)14-6-8-23(9-7-14)29(26,27)17-3-1-2-15(21)18(17)22/h1-5,10,14H,6-9,11H2. The van der Waals surface area contributed by atoms with Crippen molar-refractivity contribution in [3.05, 3.63) is 57.3 Å². The Morgan fingerprint density at radius 3 is 2.62 bits per heavy atom. The summed E-state index contributed by atoms with van der Waals surface area (Å²) in [6.07, 6.45) is 0.375. The molecule has 0 unspecified atom stereocenters. The van der Waals surface area contributed by atoms with E-state index < -0.39 is 26.8 Å². The van der Waals surface area contributed by atoms with E-state index in [4.69, 9.17) is 16.3 Å². The lowest BCUT2D eigenvalue weighted by molar-refractivity contribution is 0.135. The lowest BCUT2D eigenvalue weighted by atomic mass is 10.0. The predicted molar refractivity (Wildman–Crippen MR) is 110 cm³/mol. The number of hydrogen-bond donors (Lipinski definition) is 0. The molecule has 2 heterocycles. The molecule has 154 valence electrons. The van der Waals surface area contributed by atoms with Gasteiger partial charge in [0.25, 0.3) is 0 Å². The number of fused-ring (bicyclic) bond motifs is 1. The average molecular weight is 504 g/mol. The third-order valence-electron chi connectivity index (χ3n) is 5.17. The van der Waals surface area contributed by atoms with Crippen LogP contribution in [0.15, 0.2) is 45.8 Å². The number of carbonyl (C=O) groups excluding carboxylic acids is 1. The number of ether oxygens (including phenoxy) is 1. The maximum absolute atomic E-state index is 14.3. The minimum atomic E-state index is -4.02. The number of anilines is 1. The number of amides is 1. The molecule has 1 saturated heterocycles. The van der Waals surface area contributed by atoms with Crippen LogP contribution < -0.4 is 4.90 Å². The van der Waals surface area contributed by atoms with Crippen molar-refractivity contribution in [3.63, 3.8) is 0 Å². The molecule has 2 aromatic rings. The number of cyclic esters (lactones) is 1. The zero-order valence-electron chi connectivity index (χ0n) is 15.1. The third kappa shape index (κ3) is 3.76. The number of halogens is 3. The highest BCUT2D eigenvalue weighted by Gasteiger charge is 2.38. The molecule has 4 rings (SSSR count). The lowest BCUT2D eigenvalue weighted by Crippen LogP contribution is -2.50. The third-order valence-corrected chi connectivity index (χ3v) is 7.87. The normalized spacial score (nSPS) is 18.4. The molecular weight excluding hydrogens is 487 g/mol. The van der Waals surface area contributed by atoms with Gasteiger partial charge in [-0.3, -0.25) is 4.90 Å². The van der Waals surface area contributed by atoms with E-state index in [1.54, 1.807) is 4.90 Å². The van der Waals surface area contributed by atoms with Gasteiger partial charge in [0.15, 0.2) is 5.82 Å². The van der Waals surface area contributed by atoms with Gasteiger partial charge in [0.2, 0.25) is 10.0 Å². The maximum atomic E-state index is 14.3. The summed E-state index contributed by atoms with van der Waals surface area (Å²) in [5.74, 6) is -0.949. The zero-order chi connectivity index (χ0) is 20.8. The predicted octanol–water partition coefficient (Wildman–Crippen LogP) is 4.55. The monoisotopic (exact) mass is 502 g/mol. The van der Waals surface area contributed by atoms with Gasteiger partial charge in [-0.05, 0) is 43.2 Å². The molecule has 0 aliphatic carbocycles. The van der Waals surface area contributed by atoms with Crippen molar-refractivity contribution in [2.45, 2.75) is 30.4 Å². The Hall–Kier alpha value is -1.68. The van der Waals surface area contributed by atoms with E-state index in [0.717, 1.165) is 15.7 Å². The number of benzene rings is 2. The van der Waals surface area contributed by atoms with Crippen LogP contribution in [0.5, 0.6) is 0 Å². The highest BCUT2D eigenvalue weighted by Crippen LogP contribution is 2.35. The van der Waals surface area contributed by atoms with Gasteiger partial charge in [0, 0.05) is 29.2 Å². The van der Waals surface area contributed by atoms with Crippen LogP contribution in [0.2, 0.25) is 5.02 Å². The fraction of sp³-hybridized carbons (Fsp3) is 0.316. The molecule has 0 bridgehead atoms. The first-order valence-corrected chi connectivity index (χ1v) is 11.6. The van der Waals surface area contributed by atoms with Crippen molar-refractivity contribution in [2.24, 2.45) is 0 Å². The largest absolute Gasteiger partial charge is 0.444 e. The number of rotatable bonds is 3. The second-order valence-corrected chi connectivity index (χ2v) is 10.1. The first kappa shape index (κ1) is 20.6.